The van der Waals surface area contributed by atoms with E-state index in [9.17, 15) is 19.5 Å². The maximum Gasteiger partial charge on any atom is 0.325 e. The molecule has 0 unspecified atom stereocenters. The summed E-state index contributed by atoms with van der Waals surface area (Å²) in [6.07, 6.45) is 0.677. The summed E-state index contributed by atoms with van der Waals surface area (Å²) in [7, 11) is 0. The predicted molar refractivity (Wildman–Crippen MR) is 120 cm³/mol. The molecular weight excluding hydrogens is 410 g/mol. The van der Waals surface area contributed by atoms with Crippen molar-refractivity contribution in [1.29, 1.82) is 0 Å². The Hall–Kier alpha value is -3.61. The summed E-state index contributed by atoms with van der Waals surface area (Å²) >= 11 is 0. The highest BCUT2D eigenvalue weighted by Crippen LogP contribution is 2.34. The number of carbonyl (C=O) groups excluding carboxylic acids is 3. The number of rotatable bonds is 6. The SMILES string of the molecule is CC(C)(C)CCOC(=O)CNC(=O)C1=C(O)c2ccc(-c3ccccc3)cc2OCC1=O. The fourth-order valence-electron chi connectivity index (χ4n) is 3.13. The summed E-state index contributed by atoms with van der Waals surface area (Å²) in [4.78, 5) is 37.0. The molecule has 1 aliphatic rings. The van der Waals surface area contributed by atoms with Crippen LogP contribution in [0, 0.1) is 5.41 Å². The lowest BCUT2D eigenvalue weighted by Gasteiger charge is -2.17. The first-order chi connectivity index (χ1) is 15.2. The van der Waals surface area contributed by atoms with E-state index in [-0.39, 0.29) is 17.6 Å². The van der Waals surface area contributed by atoms with E-state index in [2.05, 4.69) is 5.32 Å². The minimum atomic E-state index is -0.858. The standard InChI is InChI=1S/C25H27NO6/c1-25(2,3)11-12-31-21(28)14-26-24(30)22-19(27)15-32-20-13-17(9-10-18(20)23(22)29)16-7-5-4-6-8-16/h4-10,13,29H,11-12,14-15H2,1-3H3,(H,26,30). The van der Waals surface area contributed by atoms with Crippen molar-refractivity contribution in [3.05, 3.63) is 59.7 Å². The number of hydrogen-bond donors (Lipinski definition) is 2. The Balaban J connectivity index is 1.74. The molecule has 0 aromatic heterocycles. The average molecular weight is 437 g/mol. The number of hydrogen-bond acceptors (Lipinski definition) is 6. The van der Waals surface area contributed by atoms with Gasteiger partial charge in [0.15, 0.2) is 6.61 Å². The molecule has 168 valence electrons. The third-order valence-electron chi connectivity index (χ3n) is 4.95. The highest BCUT2D eigenvalue weighted by molar-refractivity contribution is 6.25. The summed E-state index contributed by atoms with van der Waals surface area (Å²) in [6.45, 7) is 5.49. The highest BCUT2D eigenvalue weighted by Gasteiger charge is 2.29. The molecule has 0 fully saturated rings. The van der Waals surface area contributed by atoms with Crippen LogP contribution in [0.5, 0.6) is 5.75 Å². The van der Waals surface area contributed by atoms with Crippen molar-refractivity contribution in [2.75, 3.05) is 19.8 Å². The van der Waals surface area contributed by atoms with Gasteiger partial charge in [-0.15, -0.1) is 0 Å². The summed E-state index contributed by atoms with van der Waals surface area (Å²) in [5.41, 5.74) is 1.59. The molecule has 0 atom stereocenters. The van der Waals surface area contributed by atoms with Gasteiger partial charge in [0.2, 0.25) is 5.78 Å². The summed E-state index contributed by atoms with van der Waals surface area (Å²) < 4.78 is 10.7. The minimum Gasteiger partial charge on any atom is -0.506 e. The second-order valence-electron chi connectivity index (χ2n) is 8.73. The Kier molecular flexibility index (Phi) is 6.98. The Morgan fingerprint density at radius 1 is 1.09 bits per heavy atom. The van der Waals surface area contributed by atoms with Gasteiger partial charge in [-0.05, 0) is 35.1 Å². The first-order valence-corrected chi connectivity index (χ1v) is 10.4. The van der Waals surface area contributed by atoms with Crippen molar-refractivity contribution >= 4 is 23.4 Å². The third-order valence-corrected chi connectivity index (χ3v) is 4.95. The lowest BCUT2D eigenvalue weighted by atomic mass is 9.93. The van der Waals surface area contributed by atoms with E-state index in [1.54, 1.807) is 18.2 Å². The van der Waals surface area contributed by atoms with E-state index in [4.69, 9.17) is 9.47 Å². The van der Waals surface area contributed by atoms with Crippen LogP contribution in [-0.2, 0) is 19.1 Å². The van der Waals surface area contributed by atoms with Crippen molar-refractivity contribution in [2.24, 2.45) is 5.41 Å². The first kappa shape index (κ1) is 23.1. The molecule has 0 saturated heterocycles. The van der Waals surface area contributed by atoms with Gasteiger partial charge in [-0.25, -0.2) is 0 Å². The number of ether oxygens (including phenoxy) is 2. The van der Waals surface area contributed by atoms with Crippen LogP contribution in [0.1, 0.15) is 32.8 Å². The number of aliphatic hydroxyl groups excluding tert-OH is 1. The van der Waals surface area contributed by atoms with Crippen molar-refractivity contribution in [1.82, 2.24) is 5.32 Å². The Morgan fingerprint density at radius 2 is 1.81 bits per heavy atom. The van der Waals surface area contributed by atoms with Crippen LogP contribution >= 0.6 is 0 Å². The smallest absolute Gasteiger partial charge is 0.325 e. The molecule has 2 N–H and O–H groups in total. The van der Waals surface area contributed by atoms with E-state index in [1.165, 1.54) is 0 Å². The Morgan fingerprint density at radius 3 is 2.50 bits per heavy atom. The fraction of sp³-hybridized carbons (Fsp3) is 0.320. The number of amides is 1. The van der Waals surface area contributed by atoms with Crippen LogP contribution < -0.4 is 10.1 Å². The summed E-state index contributed by atoms with van der Waals surface area (Å²) in [5.74, 6) is -2.35. The van der Waals surface area contributed by atoms with Crippen LogP contribution in [-0.4, -0.2) is 42.5 Å². The maximum absolute atomic E-state index is 12.6. The molecule has 1 amide bonds. The van der Waals surface area contributed by atoms with Gasteiger partial charge in [-0.3, -0.25) is 14.4 Å². The van der Waals surface area contributed by atoms with Gasteiger partial charge in [0.25, 0.3) is 5.91 Å². The molecule has 1 aliphatic heterocycles. The molecule has 7 nitrogen and oxygen atoms in total. The van der Waals surface area contributed by atoms with Crippen molar-refractivity contribution in [2.45, 2.75) is 27.2 Å². The van der Waals surface area contributed by atoms with Gasteiger partial charge in [0, 0.05) is 0 Å². The number of esters is 1. The number of nitrogens with one attached hydrogen (secondary N) is 1. The molecule has 2 aromatic carbocycles. The van der Waals surface area contributed by atoms with Crippen molar-refractivity contribution in [3.8, 4) is 16.9 Å². The van der Waals surface area contributed by atoms with Crippen LogP contribution in [0.2, 0.25) is 0 Å². The lowest BCUT2D eigenvalue weighted by Crippen LogP contribution is -2.35. The summed E-state index contributed by atoms with van der Waals surface area (Å²) in [5, 5.41) is 13.1. The number of benzene rings is 2. The van der Waals surface area contributed by atoms with Gasteiger partial charge in [-0.2, -0.15) is 0 Å². The topological polar surface area (TPSA) is 102 Å². The number of ketones is 1. The van der Waals surface area contributed by atoms with Crippen LogP contribution in [0.4, 0.5) is 0 Å². The van der Waals surface area contributed by atoms with E-state index in [0.29, 0.717) is 12.2 Å². The highest BCUT2D eigenvalue weighted by atomic mass is 16.5. The normalized spacial score (nSPS) is 13.7. The molecule has 32 heavy (non-hydrogen) atoms. The van der Waals surface area contributed by atoms with E-state index in [1.807, 2.05) is 51.1 Å². The van der Waals surface area contributed by atoms with E-state index < -0.39 is 42.1 Å². The van der Waals surface area contributed by atoms with Crippen LogP contribution in [0.25, 0.3) is 16.9 Å². The molecule has 0 aliphatic carbocycles. The second kappa shape index (κ2) is 9.68. The molecule has 7 heteroatoms. The zero-order valence-corrected chi connectivity index (χ0v) is 18.4. The number of Topliss-reactive ketones (excluding diaryl/α,β-unsaturated/α-hetero) is 1. The minimum absolute atomic E-state index is 0.0145. The monoisotopic (exact) mass is 437 g/mol. The van der Waals surface area contributed by atoms with Gasteiger partial charge < -0.3 is 19.9 Å². The first-order valence-electron chi connectivity index (χ1n) is 10.4. The van der Waals surface area contributed by atoms with Crippen LogP contribution in [0.3, 0.4) is 0 Å². The summed E-state index contributed by atoms with van der Waals surface area (Å²) in [6, 6.07) is 14.6. The molecular formula is C25H27NO6. The van der Waals surface area contributed by atoms with Crippen molar-refractivity contribution < 1.29 is 29.0 Å². The zero-order chi connectivity index (χ0) is 23.3. The van der Waals surface area contributed by atoms with Gasteiger partial charge in [-0.1, -0.05) is 57.2 Å². The molecule has 0 bridgehead atoms. The second-order valence-corrected chi connectivity index (χ2v) is 8.73. The fourth-order valence-corrected chi connectivity index (χ4v) is 3.13. The molecule has 1 heterocycles. The predicted octanol–water partition coefficient (Wildman–Crippen LogP) is 3.68. The van der Waals surface area contributed by atoms with Crippen molar-refractivity contribution in [3.63, 3.8) is 0 Å². The average Bonchev–Trinajstić information content (AvgIpc) is 2.87. The maximum atomic E-state index is 12.6. The molecule has 3 rings (SSSR count). The molecule has 2 aromatic rings. The number of aliphatic hydroxyl groups is 1. The largest absolute Gasteiger partial charge is 0.506 e. The lowest BCUT2D eigenvalue weighted by molar-refractivity contribution is -0.144. The van der Waals surface area contributed by atoms with Gasteiger partial charge in [0.05, 0.1) is 12.2 Å². The molecule has 0 saturated carbocycles. The van der Waals surface area contributed by atoms with E-state index >= 15 is 0 Å². The number of fused-ring (bicyclic) bond motifs is 1. The quantitative estimate of drug-likeness (QED) is 0.528. The molecule has 0 spiro atoms. The Labute approximate surface area is 187 Å². The third kappa shape index (κ3) is 5.75. The molecule has 0 radical (unpaired) electrons. The van der Waals surface area contributed by atoms with Gasteiger partial charge in [0.1, 0.15) is 23.6 Å². The zero-order valence-electron chi connectivity index (χ0n) is 18.4. The number of carbonyl (C=O) groups is 3. The van der Waals surface area contributed by atoms with Crippen LogP contribution in [0.15, 0.2) is 54.1 Å². The van der Waals surface area contributed by atoms with E-state index in [0.717, 1.165) is 11.1 Å². The van der Waals surface area contributed by atoms with Gasteiger partial charge >= 0.3 is 5.97 Å². The Bertz CT molecular complexity index is 1050.